The van der Waals surface area contributed by atoms with Crippen LogP contribution in [0.4, 0.5) is 4.79 Å². The normalized spacial score (nSPS) is 12.9. The number of hydrogen-bond donors (Lipinski definition) is 3. The van der Waals surface area contributed by atoms with Crippen molar-refractivity contribution >= 4 is 6.09 Å². The number of nitrogens with one attached hydrogen (secondary N) is 1. The van der Waals surface area contributed by atoms with Gasteiger partial charge in [0.15, 0.2) is 6.29 Å². The topological polar surface area (TPSA) is 78.8 Å². The Morgan fingerprint density at radius 1 is 1.21 bits per heavy atom. The molecule has 0 rings (SSSR count). The highest BCUT2D eigenvalue weighted by molar-refractivity contribution is 5.68. The van der Waals surface area contributed by atoms with Gasteiger partial charge < -0.3 is 20.3 Å². The van der Waals surface area contributed by atoms with Crippen LogP contribution >= 0.6 is 0 Å². The van der Waals surface area contributed by atoms with Crippen LogP contribution in [0.25, 0.3) is 0 Å². The SMILES string of the molecule is CC(C)(C)OC(=O)NC(C)(C)C(O)O. The molecule has 0 aliphatic rings. The van der Waals surface area contributed by atoms with Crippen LogP contribution in [0.2, 0.25) is 0 Å². The zero-order chi connectivity index (χ0) is 11.6. The average molecular weight is 205 g/mol. The molecule has 0 aromatic carbocycles. The zero-order valence-corrected chi connectivity index (χ0v) is 9.29. The number of amides is 1. The molecule has 0 radical (unpaired) electrons. The Bertz CT molecular complexity index is 205. The summed E-state index contributed by atoms with van der Waals surface area (Å²) in [4.78, 5) is 11.2. The van der Waals surface area contributed by atoms with Crippen LogP contribution < -0.4 is 5.32 Å². The standard InChI is InChI=1S/C9H19NO4/c1-8(2,3)14-7(13)10-9(4,5)6(11)12/h6,11-12H,1-5H3,(H,10,13). The number of rotatable bonds is 2. The molecule has 0 aliphatic carbocycles. The number of carbonyl (C=O) groups is 1. The molecular formula is C9H19NO4. The van der Waals surface area contributed by atoms with E-state index >= 15 is 0 Å². The van der Waals surface area contributed by atoms with Gasteiger partial charge in [-0.25, -0.2) is 4.79 Å². The minimum absolute atomic E-state index is 0.597. The molecule has 1 amide bonds. The first kappa shape index (κ1) is 13.2. The van der Waals surface area contributed by atoms with Gasteiger partial charge in [-0.15, -0.1) is 0 Å². The molecule has 84 valence electrons. The molecule has 0 heterocycles. The van der Waals surface area contributed by atoms with Crippen LogP contribution in [0.5, 0.6) is 0 Å². The first-order valence-corrected chi connectivity index (χ1v) is 4.42. The number of alkyl carbamates (subject to hydrolysis) is 1. The lowest BCUT2D eigenvalue weighted by molar-refractivity contribution is -0.0969. The van der Waals surface area contributed by atoms with Crippen LogP contribution in [0.15, 0.2) is 0 Å². The van der Waals surface area contributed by atoms with E-state index in [0.717, 1.165) is 0 Å². The van der Waals surface area contributed by atoms with E-state index in [1.807, 2.05) is 0 Å². The molecule has 5 heteroatoms. The molecule has 0 spiro atoms. The molecule has 3 N–H and O–H groups in total. The molecule has 0 aliphatic heterocycles. The largest absolute Gasteiger partial charge is 0.444 e. The van der Waals surface area contributed by atoms with Crippen molar-refractivity contribution < 1.29 is 19.7 Å². The predicted octanol–water partition coefficient (Wildman–Crippen LogP) is 0.600. The second kappa shape index (κ2) is 4.14. The number of aliphatic hydroxyl groups is 2. The van der Waals surface area contributed by atoms with E-state index in [4.69, 9.17) is 14.9 Å². The van der Waals surface area contributed by atoms with Gasteiger partial charge in [0, 0.05) is 0 Å². The van der Waals surface area contributed by atoms with E-state index in [-0.39, 0.29) is 0 Å². The van der Waals surface area contributed by atoms with Gasteiger partial charge in [0.2, 0.25) is 0 Å². The summed E-state index contributed by atoms with van der Waals surface area (Å²) in [5, 5.41) is 20.2. The summed E-state index contributed by atoms with van der Waals surface area (Å²) in [6.45, 7) is 8.17. The average Bonchev–Trinajstić information content (AvgIpc) is 1.79. The van der Waals surface area contributed by atoms with Gasteiger partial charge in [-0.3, -0.25) is 0 Å². The minimum atomic E-state index is -1.63. The molecule has 0 atom stereocenters. The summed E-state index contributed by atoms with van der Waals surface area (Å²) in [6, 6.07) is 0. The molecule has 0 unspecified atom stereocenters. The van der Waals surface area contributed by atoms with Gasteiger partial charge in [-0.1, -0.05) is 0 Å². The third-order valence-electron chi connectivity index (χ3n) is 1.47. The minimum Gasteiger partial charge on any atom is -0.444 e. The van der Waals surface area contributed by atoms with Crippen molar-refractivity contribution in [1.29, 1.82) is 0 Å². The summed E-state index contributed by atoms with van der Waals surface area (Å²) >= 11 is 0. The lowest BCUT2D eigenvalue weighted by atomic mass is 10.1. The maximum atomic E-state index is 11.2. The summed E-state index contributed by atoms with van der Waals surface area (Å²) in [7, 11) is 0. The molecule has 14 heavy (non-hydrogen) atoms. The Morgan fingerprint density at radius 3 is 1.93 bits per heavy atom. The first-order chi connectivity index (χ1) is 6.04. The van der Waals surface area contributed by atoms with E-state index in [0.29, 0.717) is 0 Å². The number of carbonyl (C=O) groups excluding carboxylic acids is 1. The molecule has 0 bridgehead atoms. The molecular weight excluding hydrogens is 186 g/mol. The summed E-state index contributed by atoms with van der Waals surface area (Å²) < 4.78 is 4.95. The predicted molar refractivity (Wildman–Crippen MR) is 51.7 cm³/mol. The van der Waals surface area contributed by atoms with E-state index in [1.165, 1.54) is 13.8 Å². The third-order valence-corrected chi connectivity index (χ3v) is 1.47. The lowest BCUT2D eigenvalue weighted by Crippen LogP contribution is -2.53. The highest BCUT2D eigenvalue weighted by atomic mass is 16.6. The van der Waals surface area contributed by atoms with E-state index in [2.05, 4.69) is 5.32 Å². The summed E-state index contributed by atoms with van der Waals surface area (Å²) in [5.41, 5.74) is -1.72. The maximum absolute atomic E-state index is 11.2. The van der Waals surface area contributed by atoms with Gasteiger partial charge >= 0.3 is 6.09 Å². The highest BCUT2D eigenvalue weighted by Gasteiger charge is 2.30. The van der Waals surface area contributed by atoms with Crippen molar-refractivity contribution in [3.05, 3.63) is 0 Å². The van der Waals surface area contributed by atoms with Crippen molar-refractivity contribution in [1.82, 2.24) is 5.32 Å². The molecule has 0 aromatic heterocycles. The van der Waals surface area contributed by atoms with Crippen molar-refractivity contribution in [2.75, 3.05) is 0 Å². The van der Waals surface area contributed by atoms with Gasteiger partial charge in [0.05, 0.1) is 5.54 Å². The van der Waals surface area contributed by atoms with E-state index in [9.17, 15) is 4.79 Å². The van der Waals surface area contributed by atoms with E-state index in [1.54, 1.807) is 20.8 Å². The van der Waals surface area contributed by atoms with Crippen molar-refractivity contribution in [3.8, 4) is 0 Å². The Kier molecular flexibility index (Phi) is 3.91. The highest BCUT2D eigenvalue weighted by Crippen LogP contribution is 2.10. The Balaban J connectivity index is 4.20. The molecule has 0 fully saturated rings. The lowest BCUT2D eigenvalue weighted by Gasteiger charge is -2.29. The quantitative estimate of drug-likeness (QED) is 0.577. The first-order valence-electron chi connectivity index (χ1n) is 4.42. The van der Waals surface area contributed by atoms with E-state index < -0.39 is 23.5 Å². The third kappa shape index (κ3) is 5.04. The zero-order valence-electron chi connectivity index (χ0n) is 9.29. The summed E-state index contributed by atoms with van der Waals surface area (Å²) in [6.07, 6.45) is -2.30. The van der Waals surface area contributed by atoms with Crippen molar-refractivity contribution in [2.45, 2.75) is 52.0 Å². The molecule has 0 aromatic rings. The van der Waals surface area contributed by atoms with Gasteiger partial charge in [0.25, 0.3) is 0 Å². The summed E-state index contributed by atoms with van der Waals surface area (Å²) in [5.74, 6) is 0. The van der Waals surface area contributed by atoms with Gasteiger partial charge in [0.1, 0.15) is 5.60 Å². The fraction of sp³-hybridized carbons (Fsp3) is 0.889. The van der Waals surface area contributed by atoms with Crippen LogP contribution in [-0.2, 0) is 4.74 Å². The van der Waals surface area contributed by atoms with Crippen LogP contribution in [0, 0.1) is 0 Å². The van der Waals surface area contributed by atoms with Crippen molar-refractivity contribution in [2.24, 2.45) is 0 Å². The monoisotopic (exact) mass is 205 g/mol. The smallest absolute Gasteiger partial charge is 0.408 e. The van der Waals surface area contributed by atoms with Crippen LogP contribution in [0.1, 0.15) is 34.6 Å². The van der Waals surface area contributed by atoms with Crippen LogP contribution in [0.3, 0.4) is 0 Å². The molecule has 0 saturated carbocycles. The molecule has 5 nitrogen and oxygen atoms in total. The van der Waals surface area contributed by atoms with Gasteiger partial charge in [-0.05, 0) is 34.6 Å². The Morgan fingerprint density at radius 2 is 1.64 bits per heavy atom. The second-order valence-corrected chi connectivity index (χ2v) is 4.72. The molecule has 0 saturated heterocycles. The maximum Gasteiger partial charge on any atom is 0.408 e. The second-order valence-electron chi connectivity index (χ2n) is 4.72. The number of hydrogen-bond acceptors (Lipinski definition) is 4. The fourth-order valence-corrected chi connectivity index (χ4v) is 0.631. The number of aliphatic hydroxyl groups excluding tert-OH is 1. The van der Waals surface area contributed by atoms with Gasteiger partial charge in [-0.2, -0.15) is 0 Å². The Hall–Kier alpha value is -0.810. The number of ether oxygens (including phenoxy) is 1. The Labute approximate surface area is 84.1 Å². The van der Waals surface area contributed by atoms with Crippen molar-refractivity contribution in [3.63, 3.8) is 0 Å². The fourth-order valence-electron chi connectivity index (χ4n) is 0.631. The van der Waals surface area contributed by atoms with Crippen LogP contribution in [-0.4, -0.2) is 33.7 Å².